The highest BCUT2D eigenvalue weighted by atomic mass is 35.5. The summed E-state index contributed by atoms with van der Waals surface area (Å²) < 4.78 is 2.64. The SMILES string of the molecule is O=C(Nc1nc2ccccc2s1)c1cnn(-c2cccc(Cl)c2)c1. The maximum Gasteiger partial charge on any atom is 0.260 e. The Labute approximate surface area is 146 Å². The Morgan fingerprint density at radius 1 is 1.17 bits per heavy atom. The third-order valence-electron chi connectivity index (χ3n) is 3.43. The number of amides is 1. The summed E-state index contributed by atoms with van der Waals surface area (Å²) in [6, 6.07) is 15.0. The fraction of sp³-hybridized carbons (Fsp3) is 0. The molecule has 1 amide bonds. The third-order valence-corrected chi connectivity index (χ3v) is 4.62. The van der Waals surface area contributed by atoms with Gasteiger partial charge in [0, 0.05) is 11.2 Å². The number of anilines is 1. The Bertz CT molecular complexity index is 1010. The van der Waals surface area contributed by atoms with Gasteiger partial charge in [0.25, 0.3) is 5.91 Å². The maximum atomic E-state index is 12.4. The molecule has 0 radical (unpaired) electrons. The van der Waals surface area contributed by atoms with Gasteiger partial charge in [-0.1, -0.05) is 41.1 Å². The molecule has 1 N–H and O–H groups in total. The minimum absolute atomic E-state index is 0.248. The molecule has 0 saturated carbocycles. The number of thiazole rings is 1. The van der Waals surface area contributed by atoms with Crippen LogP contribution in [0.5, 0.6) is 0 Å². The average molecular weight is 355 g/mol. The third kappa shape index (κ3) is 2.89. The van der Waals surface area contributed by atoms with Crippen LogP contribution in [-0.4, -0.2) is 20.7 Å². The number of benzene rings is 2. The maximum absolute atomic E-state index is 12.4. The lowest BCUT2D eigenvalue weighted by molar-refractivity contribution is 0.102. The highest BCUT2D eigenvalue weighted by Crippen LogP contribution is 2.25. The number of nitrogens with one attached hydrogen (secondary N) is 1. The zero-order valence-corrected chi connectivity index (χ0v) is 13.9. The number of carbonyl (C=O) groups is 1. The van der Waals surface area contributed by atoms with E-state index in [2.05, 4.69) is 15.4 Å². The minimum Gasteiger partial charge on any atom is -0.298 e. The largest absolute Gasteiger partial charge is 0.298 e. The molecule has 0 atom stereocenters. The predicted octanol–water partition coefficient (Wildman–Crippen LogP) is 4.39. The van der Waals surface area contributed by atoms with Gasteiger partial charge in [0.1, 0.15) is 0 Å². The first-order valence-electron chi connectivity index (χ1n) is 7.16. The van der Waals surface area contributed by atoms with Gasteiger partial charge in [-0.05, 0) is 30.3 Å². The van der Waals surface area contributed by atoms with Crippen LogP contribution in [0.25, 0.3) is 15.9 Å². The number of halogens is 1. The summed E-state index contributed by atoms with van der Waals surface area (Å²) in [5.74, 6) is -0.248. The van der Waals surface area contributed by atoms with Crippen molar-refractivity contribution in [2.24, 2.45) is 0 Å². The van der Waals surface area contributed by atoms with Crippen molar-refractivity contribution in [1.82, 2.24) is 14.8 Å². The van der Waals surface area contributed by atoms with E-state index < -0.39 is 0 Å². The Morgan fingerprint density at radius 2 is 2.04 bits per heavy atom. The molecule has 4 aromatic rings. The van der Waals surface area contributed by atoms with E-state index in [9.17, 15) is 4.79 Å². The molecular formula is C17H11ClN4OS. The Kier molecular flexibility index (Phi) is 3.76. The van der Waals surface area contributed by atoms with Crippen molar-refractivity contribution in [2.45, 2.75) is 0 Å². The molecule has 0 spiro atoms. The lowest BCUT2D eigenvalue weighted by Crippen LogP contribution is -2.10. The van der Waals surface area contributed by atoms with Crippen LogP contribution in [0.3, 0.4) is 0 Å². The van der Waals surface area contributed by atoms with Crippen LogP contribution in [0, 0.1) is 0 Å². The lowest BCUT2D eigenvalue weighted by Gasteiger charge is -2.01. The molecule has 0 unspecified atom stereocenters. The van der Waals surface area contributed by atoms with Gasteiger partial charge in [-0.2, -0.15) is 5.10 Å². The molecule has 0 bridgehead atoms. The Hall–Kier alpha value is -2.70. The van der Waals surface area contributed by atoms with Crippen LogP contribution in [-0.2, 0) is 0 Å². The van der Waals surface area contributed by atoms with Crippen LogP contribution in [0.15, 0.2) is 60.9 Å². The quantitative estimate of drug-likeness (QED) is 0.593. The highest BCUT2D eigenvalue weighted by molar-refractivity contribution is 7.22. The van der Waals surface area contributed by atoms with Crippen molar-refractivity contribution in [3.05, 3.63) is 71.5 Å². The van der Waals surface area contributed by atoms with Crippen LogP contribution in [0.4, 0.5) is 5.13 Å². The number of aromatic nitrogens is 3. The summed E-state index contributed by atoms with van der Waals surface area (Å²) in [5, 5.41) is 8.21. The molecule has 7 heteroatoms. The van der Waals surface area contributed by atoms with E-state index in [-0.39, 0.29) is 5.91 Å². The van der Waals surface area contributed by atoms with E-state index in [4.69, 9.17) is 11.6 Å². The molecular weight excluding hydrogens is 344 g/mol. The number of carbonyl (C=O) groups excluding carboxylic acids is 1. The summed E-state index contributed by atoms with van der Waals surface area (Å²) in [5.41, 5.74) is 2.11. The van der Waals surface area contributed by atoms with E-state index in [1.165, 1.54) is 17.5 Å². The molecule has 0 aliphatic carbocycles. The van der Waals surface area contributed by atoms with E-state index in [0.717, 1.165) is 15.9 Å². The van der Waals surface area contributed by atoms with Crippen LogP contribution < -0.4 is 5.32 Å². The Morgan fingerprint density at radius 3 is 2.88 bits per heavy atom. The Balaban J connectivity index is 1.56. The second-order valence-electron chi connectivity index (χ2n) is 5.09. The zero-order chi connectivity index (χ0) is 16.5. The molecule has 2 aromatic heterocycles. The van der Waals surface area contributed by atoms with Gasteiger partial charge >= 0.3 is 0 Å². The molecule has 2 aromatic carbocycles. The van der Waals surface area contributed by atoms with E-state index in [0.29, 0.717) is 15.7 Å². The summed E-state index contributed by atoms with van der Waals surface area (Å²) in [6.07, 6.45) is 3.18. The van der Waals surface area contributed by atoms with Crippen LogP contribution >= 0.6 is 22.9 Å². The second kappa shape index (κ2) is 6.07. The second-order valence-corrected chi connectivity index (χ2v) is 6.56. The number of hydrogen-bond acceptors (Lipinski definition) is 4. The first kappa shape index (κ1) is 14.9. The molecule has 2 heterocycles. The fourth-order valence-electron chi connectivity index (χ4n) is 2.29. The number of nitrogens with zero attached hydrogens (tertiary/aromatic N) is 3. The standard InChI is InChI=1S/C17H11ClN4OS/c18-12-4-3-5-13(8-12)22-10-11(9-19-22)16(23)21-17-20-14-6-1-2-7-15(14)24-17/h1-10H,(H,20,21,23). The van der Waals surface area contributed by atoms with E-state index in [1.807, 2.05) is 36.4 Å². The zero-order valence-electron chi connectivity index (χ0n) is 12.3. The highest BCUT2D eigenvalue weighted by Gasteiger charge is 2.12. The van der Waals surface area contributed by atoms with E-state index >= 15 is 0 Å². The van der Waals surface area contributed by atoms with Crippen molar-refractivity contribution in [1.29, 1.82) is 0 Å². The van der Waals surface area contributed by atoms with Gasteiger partial charge in [-0.3, -0.25) is 10.1 Å². The molecule has 118 valence electrons. The molecule has 24 heavy (non-hydrogen) atoms. The van der Waals surface area contributed by atoms with Gasteiger partial charge in [-0.15, -0.1) is 0 Å². The van der Waals surface area contributed by atoms with Gasteiger partial charge in [0.15, 0.2) is 5.13 Å². The van der Waals surface area contributed by atoms with E-state index in [1.54, 1.807) is 23.0 Å². The number of rotatable bonds is 3. The summed E-state index contributed by atoms with van der Waals surface area (Å²) in [6.45, 7) is 0. The molecule has 0 saturated heterocycles. The summed E-state index contributed by atoms with van der Waals surface area (Å²) >= 11 is 7.42. The smallest absolute Gasteiger partial charge is 0.260 e. The first-order chi connectivity index (χ1) is 11.7. The average Bonchev–Trinajstić information content (AvgIpc) is 3.21. The number of para-hydroxylation sites is 1. The topological polar surface area (TPSA) is 59.8 Å². The van der Waals surface area contributed by atoms with Gasteiger partial charge in [0.2, 0.25) is 0 Å². The van der Waals surface area contributed by atoms with Crippen molar-refractivity contribution in [3.8, 4) is 5.69 Å². The van der Waals surface area contributed by atoms with Crippen LogP contribution in [0.2, 0.25) is 5.02 Å². The minimum atomic E-state index is -0.248. The van der Waals surface area contributed by atoms with Gasteiger partial charge in [-0.25, -0.2) is 9.67 Å². The van der Waals surface area contributed by atoms with Crippen LogP contribution in [0.1, 0.15) is 10.4 Å². The molecule has 5 nitrogen and oxygen atoms in total. The fourth-order valence-corrected chi connectivity index (χ4v) is 3.34. The molecule has 4 rings (SSSR count). The number of fused-ring (bicyclic) bond motifs is 1. The normalized spacial score (nSPS) is 10.9. The van der Waals surface area contributed by atoms with Crippen molar-refractivity contribution >= 4 is 44.2 Å². The molecule has 0 fully saturated rings. The molecule has 0 aliphatic heterocycles. The lowest BCUT2D eigenvalue weighted by atomic mass is 10.3. The first-order valence-corrected chi connectivity index (χ1v) is 8.36. The predicted molar refractivity (Wildman–Crippen MR) is 96.1 cm³/mol. The van der Waals surface area contributed by atoms with Gasteiger partial charge < -0.3 is 0 Å². The van der Waals surface area contributed by atoms with Crippen molar-refractivity contribution in [2.75, 3.05) is 5.32 Å². The van der Waals surface area contributed by atoms with Crippen molar-refractivity contribution in [3.63, 3.8) is 0 Å². The van der Waals surface area contributed by atoms with Crippen molar-refractivity contribution < 1.29 is 4.79 Å². The van der Waals surface area contributed by atoms with Gasteiger partial charge in [0.05, 0.1) is 27.7 Å². The molecule has 0 aliphatic rings. The summed E-state index contributed by atoms with van der Waals surface area (Å²) in [4.78, 5) is 16.8. The monoisotopic (exact) mass is 354 g/mol. The summed E-state index contributed by atoms with van der Waals surface area (Å²) in [7, 11) is 0. The number of hydrogen-bond donors (Lipinski definition) is 1.